The minimum absolute atomic E-state index is 0.499. The lowest BCUT2D eigenvalue weighted by molar-refractivity contribution is 0.593. The molecule has 0 saturated carbocycles. The summed E-state index contributed by atoms with van der Waals surface area (Å²) in [5, 5.41) is 3.42. The maximum atomic E-state index is 4.36. The summed E-state index contributed by atoms with van der Waals surface area (Å²) in [5.41, 5.74) is 0. The summed E-state index contributed by atoms with van der Waals surface area (Å²) in [7, 11) is 0. The number of nitrogens with zero attached hydrogens (tertiary/aromatic N) is 1. The second kappa shape index (κ2) is 7.66. The van der Waals surface area contributed by atoms with Crippen LogP contribution in [0.2, 0.25) is 0 Å². The number of rotatable bonds is 7. The Balaban J connectivity index is 2.25. The molecule has 0 radical (unpaired) electrons. The van der Waals surface area contributed by atoms with Gasteiger partial charge in [0.25, 0.3) is 0 Å². The maximum Gasteiger partial charge on any atom is 0.127 e. The van der Waals surface area contributed by atoms with Gasteiger partial charge in [0.15, 0.2) is 0 Å². The first kappa shape index (κ1) is 13.5. The summed E-state index contributed by atoms with van der Waals surface area (Å²) in [6, 6.07) is 6.45. The molecule has 0 aliphatic heterocycles. The zero-order valence-electron chi connectivity index (χ0n) is 10.2. The monoisotopic (exact) mass is 284 g/mol. The normalized spacial score (nSPS) is 12.4. The van der Waals surface area contributed by atoms with Gasteiger partial charge in [-0.25, -0.2) is 4.98 Å². The fraction of sp³-hybridized carbons (Fsp3) is 0.615. The molecule has 3 heteroatoms. The van der Waals surface area contributed by atoms with E-state index in [9.17, 15) is 0 Å². The van der Waals surface area contributed by atoms with Gasteiger partial charge >= 0.3 is 0 Å². The first-order valence-corrected chi connectivity index (χ1v) is 6.90. The molecule has 1 heterocycles. The number of anilines is 1. The molecule has 1 N–H and O–H groups in total. The van der Waals surface area contributed by atoms with E-state index in [0.717, 1.165) is 10.4 Å². The van der Waals surface area contributed by atoms with Crippen LogP contribution in [-0.2, 0) is 0 Å². The van der Waals surface area contributed by atoms with Gasteiger partial charge in [-0.3, -0.25) is 0 Å². The third-order valence-corrected chi connectivity index (χ3v) is 3.04. The van der Waals surface area contributed by atoms with Crippen molar-refractivity contribution in [1.82, 2.24) is 4.98 Å². The van der Waals surface area contributed by atoms with E-state index < -0.39 is 0 Å². The van der Waals surface area contributed by atoms with Crippen LogP contribution in [-0.4, -0.2) is 11.0 Å². The topological polar surface area (TPSA) is 24.9 Å². The van der Waals surface area contributed by atoms with Gasteiger partial charge in [0.05, 0.1) is 0 Å². The van der Waals surface area contributed by atoms with Crippen LogP contribution in [0.25, 0.3) is 0 Å². The Bertz CT molecular complexity index is 302. The average Bonchev–Trinajstić information content (AvgIpc) is 2.24. The number of halogens is 1. The SMILES string of the molecule is CCCCCCC(C)Nc1cccc(Br)n1. The van der Waals surface area contributed by atoms with Crippen LogP contribution in [0.5, 0.6) is 0 Å². The summed E-state index contributed by atoms with van der Waals surface area (Å²) in [6.07, 6.45) is 6.51. The number of pyridine rings is 1. The summed E-state index contributed by atoms with van der Waals surface area (Å²) in [6.45, 7) is 4.46. The Kier molecular flexibility index (Phi) is 6.46. The third-order valence-electron chi connectivity index (χ3n) is 2.60. The third kappa shape index (κ3) is 5.50. The molecule has 0 fully saturated rings. The van der Waals surface area contributed by atoms with Crippen molar-refractivity contribution in [2.75, 3.05) is 5.32 Å². The Labute approximate surface area is 107 Å². The van der Waals surface area contributed by atoms with Gasteiger partial charge in [-0.2, -0.15) is 0 Å². The molecule has 2 nitrogen and oxygen atoms in total. The summed E-state index contributed by atoms with van der Waals surface area (Å²) < 4.78 is 0.885. The molecule has 0 aromatic carbocycles. The van der Waals surface area contributed by atoms with Crippen molar-refractivity contribution in [3.63, 3.8) is 0 Å². The largest absolute Gasteiger partial charge is 0.368 e. The lowest BCUT2D eigenvalue weighted by Crippen LogP contribution is -2.15. The molecule has 1 aromatic rings. The zero-order chi connectivity index (χ0) is 11.8. The van der Waals surface area contributed by atoms with Crippen molar-refractivity contribution in [1.29, 1.82) is 0 Å². The van der Waals surface area contributed by atoms with Gasteiger partial charge in [-0.15, -0.1) is 0 Å². The number of aromatic nitrogens is 1. The number of unbranched alkanes of at least 4 members (excludes halogenated alkanes) is 3. The molecular weight excluding hydrogens is 264 g/mol. The van der Waals surface area contributed by atoms with Crippen LogP contribution >= 0.6 is 15.9 Å². The van der Waals surface area contributed by atoms with Gasteiger partial charge in [-0.05, 0) is 41.4 Å². The van der Waals surface area contributed by atoms with Crippen LogP contribution in [0.3, 0.4) is 0 Å². The molecule has 0 aliphatic carbocycles. The fourth-order valence-corrected chi connectivity index (χ4v) is 2.03. The van der Waals surface area contributed by atoms with E-state index in [-0.39, 0.29) is 0 Å². The predicted octanol–water partition coefficient (Wildman–Crippen LogP) is 4.61. The van der Waals surface area contributed by atoms with Gasteiger partial charge < -0.3 is 5.32 Å². The second-order valence-electron chi connectivity index (χ2n) is 4.24. The Morgan fingerprint density at radius 2 is 2.12 bits per heavy atom. The molecule has 1 unspecified atom stereocenters. The predicted molar refractivity (Wildman–Crippen MR) is 73.8 cm³/mol. The fourth-order valence-electron chi connectivity index (χ4n) is 1.69. The molecule has 0 saturated heterocycles. The van der Waals surface area contributed by atoms with E-state index >= 15 is 0 Å². The molecule has 0 spiro atoms. The molecule has 0 aliphatic rings. The molecule has 1 rings (SSSR count). The molecule has 16 heavy (non-hydrogen) atoms. The quantitative estimate of drug-likeness (QED) is 0.584. The van der Waals surface area contributed by atoms with Gasteiger partial charge in [-0.1, -0.05) is 38.7 Å². The van der Waals surface area contributed by atoms with E-state index in [0.29, 0.717) is 6.04 Å². The van der Waals surface area contributed by atoms with Crippen LogP contribution < -0.4 is 5.32 Å². The number of hydrogen-bond donors (Lipinski definition) is 1. The Hall–Kier alpha value is -0.570. The highest BCUT2D eigenvalue weighted by Crippen LogP contribution is 2.13. The van der Waals surface area contributed by atoms with E-state index in [1.807, 2.05) is 18.2 Å². The minimum atomic E-state index is 0.499. The van der Waals surface area contributed by atoms with Crippen molar-refractivity contribution < 1.29 is 0 Å². The van der Waals surface area contributed by atoms with Crippen LogP contribution in [0.1, 0.15) is 46.0 Å². The van der Waals surface area contributed by atoms with E-state index in [1.54, 1.807) is 0 Å². The summed E-state index contributed by atoms with van der Waals surface area (Å²) in [5.74, 6) is 0.956. The minimum Gasteiger partial charge on any atom is -0.368 e. The molecule has 0 bridgehead atoms. The van der Waals surface area contributed by atoms with Crippen molar-refractivity contribution in [3.8, 4) is 0 Å². The number of nitrogens with one attached hydrogen (secondary N) is 1. The van der Waals surface area contributed by atoms with Gasteiger partial charge in [0.1, 0.15) is 10.4 Å². The molecular formula is C13H21BrN2. The highest BCUT2D eigenvalue weighted by molar-refractivity contribution is 9.10. The second-order valence-corrected chi connectivity index (χ2v) is 5.05. The lowest BCUT2D eigenvalue weighted by Gasteiger charge is -2.14. The van der Waals surface area contributed by atoms with Gasteiger partial charge in [0, 0.05) is 6.04 Å². The van der Waals surface area contributed by atoms with Crippen molar-refractivity contribution in [3.05, 3.63) is 22.8 Å². The highest BCUT2D eigenvalue weighted by atomic mass is 79.9. The standard InChI is InChI=1S/C13H21BrN2/c1-3-4-5-6-8-11(2)15-13-10-7-9-12(14)16-13/h7,9-11H,3-6,8H2,1-2H3,(H,15,16). The van der Waals surface area contributed by atoms with E-state index in [2.05, 4.69) is 40.1 Å². The van der Waals surface area contributed by atoms with Crippen molar-refractivity contribution in [2.45, 2.75) is 52.0 Å². The summed E-state index contributed by atoms with van der Waals surface area (Å²) >= 11 is 3.37. The Morgan fingerprint density at radius 1 is 1.31 bits per heavy atom. The molecule has 90 valence electrons. The first-order valence-electron chi connectivity index (χ1n) is 6.11. The molecule has 1 atom stereocenters. The molecule has 0 amide bonds. The van der Waals surface area contributed by atoms with Crippen molar-refractivity contribution >= 4 is 21.7 Å². The van der Waals surface area contributed by atoms with E-state index in [1.165, 1.54) is 32.1 Å². The Morgan fingerprint density at radius 3 is 2.81 bits per heavy atom. The van der Waals surface area contributed by atoms with Gasteiger partial charge in [0.2, 0.25) is 0 Å². The lowest BCUT2D eigenvalue weighted by atomic mass is 10.1. The number of hydrogen-bond acceptors (Lipinski definition) is 2. The maximum absolute atomic E-state index is 4.36. The summed E-state index contributed by atoms with van der Waals surface area (Å²) in [4.78, 5) is 4.36. The average molecular weight is 285 g/mol. The van der Waals surface area contributed by atoms with Crippen LogP contribution in [0.4, 0.5) is 5.82 Å². The van der Waals surface area contributed by atoms with Crippen molar-refractivity contribution in [2.24, 2.45) is 0 Å². The first-order chi connectivity index (χ1) is 7.72. The highest BCUT2D eigenvalue weighted by Gasteiger charge is 2.02. The zero-order valence-corrected chi connectivity index (χ0v) is 11.8. The van der Waals surface area contributed by atoms with E-state index in [4.69, 9.17) is 0 Å². The van der Waals surface area contributed by atoms with Crippen LogP contribution in [0, 0.1) is 0 Å². The molecule has 1 aromatic heterocycles. The van der Waals surface area contributed by atoms with Crippen LogP contribution in [0.15, 0.2) is 22.8 Å². The smallest absolute Gasteiger partial charge is 0.127 e.